The van der Waals surface area contributed by atoms with Crippen molar-refractivity contribution in [2.24, 2.45) is 10.9 Å². The van der Waals surface area contributed by atoms with E-state index in [1.165, 1.54) is 12.8 Å². The molecule has 1 aromatic heterocycles. The van der Waals surface area contributed by atoms with Crippen molar-refractivity contribution >= 4 is 29.9 Å². The number of rotatable bonds is 5. The van der Waals surface area contributed by atoms with Crippen LogP contribution in [0.1, 0.15) is 31.9 Å². The highest BCUT2D eigenvalue weighted by Gasteiger charge is 2.12. The molecular weight excluding hydrogens is 379 g/mol. The van der Waals surface area contributed by atoms with E-state index >= 15 is 0 Å². The Hall–Kier alpha value is -1.05. The SMILES string of the molecule is CCNC(=NCC1CC=CCC1)N(C)Cc1ccon1.I. The summed E-state index contributed by atoms with van der Waals surface area (Å²) in [5, 5.41) is 7.27. The van der Waals surface area contributed by atoms with E-state index in [1.807, 2.05) is 13.1 Å². The van der Waals surface area contributed by atoms with Crippen molar-refractivity contribution in [1.29, 1.82) is 0 Å². The summed E-state index contributed by atoms with van der Waals surface area (Å²) in [6.07, 6.45) is 9.72. The van der Waals surface area contributed by atoms with Crippen LogP contribution in [0.5, 0.6) is 0 Å². The van der Waals surface area contributed by atoms with E-state index < -0.39 is 0 Å². The highest BCUT2D eigenvalue weighted by Crippen LogP contribution is 2.18. The predicted molar refractivity (Wildman–Crippen MR) is 95.8 cm³/mol. The number of hydrogen-bond donors (Lipinski definition) is 1. The Morgan fingerprint density at radius 1 is 1.52 bits per heavy atom. The van der Waals surface area contributed by atoms with Crippen molar-refractivity contribution in [3.63, 3.8) is 0 Å². The molecule has 1 atom stereocenters. The van der Waals surface area contributed by atoms with E-state index in [4.69, 9.17) is 9.52 Å². The largest absolute Gasteiger partial charge is 0.364 e. The van der Waals surface area contributed by atoms with Crippen molar-refractivity contribution in [3.8, 4) is 0 Å². The fourth-order valence-corrected chi connectivity index (χ4v) is 2.34. The summed E-state index contributed by atoms with van der Waals surface area (Å²) in [6, 6.07) is 1.88. The predicted octanol–water partition coefficient (Wildman–Crippen LogP) is 3.05. The highest BCUT2D eigenvalue weighted by atomic mass is 127. The molecule has 6 heteroatoms. The van der Waals surface area contributed by atoms with E-state index in [0.29, 0.717) is 12.5 Å². The number of guanidine groups is 1. The number of hydrogen-bond acceptors (Lipinski definition) is 3. The molecule has 1 unspecified atom stereocenters. The zero-order valence-electron chi connectivity index (χ0n) is 12.8. The number of aliphatic imine (C=N–C) groups is 1. The summed E-state index contributed by atoms with van der Waals surface area (Å²) in [5.74, 6) is 1.61. The summed E-state index contributed by atoms with van der Waals surface area (Å²) in [5.41, 5.74) is 0.915. The Bertz CT molecular complexity index is 445. The van der Waals surface area contributed by atoms with Crippen LogP contribution in [-0.2, 0) is 6.54 Å². The lowest BCUT2D eigenvalue weighted by Crippen LogP contribution is -2.39. The van der Waals surface area contributed by atoms with Crippen molar-refractivity contribution in [2.45, 2.75) is 32.7 Å². The van der Waals surface area contributed by atoms with Crippen molar-refractivity contribution in [2.75, 3.05) is 20.1 Å². The third-order valence-corrected chi connectivity index (χ3v) is 3.46. The quantitative estimate of drug-likeness (QED) is 0.355. The molecule has 1 heterocycles. The maximum absolute atomic E-state index is 4.87. The standard InChI is InChI=1S/C15H24N4O.HI/c1-3-16-15(17-11-13-7-5-4-6-8-13)19(2)12-14-9-10-20-18-14;/h4-5,9-10,13H,3,6-8,11-12H2,1-2H3,(H,16,17);1H. The van der Waals surface area contributed by atoms with Gasteiger partial charge in [-0.25, -0.2) is 0 Å². The minimum atomic E-state index is 0. The third-order valence-electron chi connectivity index (χ3n) is 3.46. The normalized spacial score (nSPS) is 18.2. The average molecular weight is 404 g/mol. The van der Waals surface area contributed by atoms with Crippen molar-refractivity contribution in [3.05, 3.63) is 30.2 Å². The van der Waals surface area contributed by atoms with Crippen LogP contribution in [-0.4, -0.2) is 36.2 Å². The second kappa shape index (κ2) is 9.81. The Morgan fingerprint density at radius 2 is 2.38 bits per heavy atom. The molecule has 0 aromatic carbocycles. The number of aromatic nitrogens is 1. The maximum Gasteiger partial charge on any atom is 0.194 e. The van der Waals surface area contributed by atoms with Crippen molar-refractivity contribution in [1.82, 2.24) is 15.4 Å². The molecule has 1 N–H and O–H groups in total. The van der Waals surface area contributed by atoms with Crippen LogP contribution >= 0.6 is 24.0 Å². The molecule has 0 radical (unpaired) electrons. The Labute approximate surface area is 143 Å². The maximum atomic E-state index is 4.87. The van der Waals surface area contributed by atoms with Gasteiger partial charge in [-0.3, -0.25) is 4.99 Å². The van der Waals surface area contributed by atoms with Crippen LogP contribution in [0, 0.1) is 5.92 Å². The summed E-state index contributed by atoms with van der Waals surface area (Å²) >= 11 is 0. The second-order valence-corrected chi connectivity index (χ2v) is 5.19. The summed E-state index contributed by atoms with van der Waals surface area (Å²) in [6.45, 7) is 4.54. The van der Waals surface area contributed by atoms with Gasteiger partial charge in [0.1, 0.15) is 12.0 Å². The number of allylic oxidation sites excluding steroid dienone is 2. The lowest BCUT2D eigenvalue weighted by atomic mass is 9.95. The van der Waals surface area contributed by atoms with Gasteiger partial charge in [0.15, 0.2) is 5.96 Å². The lowest BCUT2D eigenvalue weighted by molar-refractivity contribution is 0.390. The minimum absolute atomic E-state index is 0. The Morgan fingerprint density at radius 3 is 3.00 bits per heavy atom. The van der Waals surface area contributed by atoms with Crippen LogP contribution in [0.4, 0.5) is 0 Å². The van der Waals surface area contributed by atoms with E-state index in [1.54, 1.807) is 6.26 Å². The van der Waals surface area contributed by atoms with Gasteiger partial charge in [-0.05, 0) is 32.1 Å². The first-order chi connectivity index (χ1) is 9.79. The summed E-state index contributed by atoms with van der Waals surface area (Å²) in [4.78, 5) is 6.84. The fraction of sp³-hybridized carbons (Fsp3) is 0.600. The molecule has 0 amide bonds. The van der Waals surface area contributed by atoms with E-state index in [9.17, 15) is 0 Å². The Balaban J connectivity index is 0.00000220. The van der Waals surface area contributed by atoms with Crippen LogP contribution < -0.4 is 5.32 Å². The number of nitrogens with one attached hydrogen (secondary N) is 1. The molecular formula is C15H25IN4O. The van der Waals surface area contributed by atoms with Crippen LogP contribution in [0.25, 0.3) is 0 Å². The van der Waals surface area contributed by atoms with Gasteiger partial charge >= 0.3 is 0 Å². The van der Waals surface area contributed by atoms with Gasteiger partial charge in [-0.1, -0.05) is 17.3 Å². The molecule has 1 aliphatic rings. The number of halogens is 1. The van der Waals surface area contributed by atoms with Crippen LogP contribution in [0.3, 0.4) is 0 Å². The van der Waals surface area contributed by atoms with Gasteiger partial charge in [0.05, 0.1) is 6.54 Å². The van der Waals surface area contributed by atoms with E-state index in [2.05, 4.69) is 34.4 Å². The van der Waals surface area contributed by atoms with Gasteiger partial charge < -0.3 is 14.7 Å². The van der Waals surface area contributed by atoms with Gasteiger partial charge in [-0.15, -0.1) is 24.0 Å². The highest BCUT2D eigenvalue weighted by molar-refractivity contribution is 14.0. The fourth-order valence-electron chi connectivity index (χ4n) is 2.34. The number of nitrogens with zero attached hydrogens (tertiary/aromatic N) is 3. The molecule has 0 bridgehead atoms. The first-order valence-electron chi connectivity index (χ1n) is 7.33. The first kappa shape index (κ1) is 18.0. The van der Waals surface area contributed by atoms with Crippen LogP contribution in [0.2, 0.25) is 0 Å². The van der Waals surface area contributed by atoms with Crippen LogP contribution in [0.15, 0.2) is 34.0 Å². The smallest absolute Gasteiger partial charge is 0.194 e. The average Bonchev–Trinajstić information content (AvgIpc) is 2.97. The molecule has 21 heavy (non-hydrogen) atoms. The zero-order chi connectivity index (χ0) is 14.2. The minimum Gasteiger partial charge on any atom is -0.364 e. The van der Waals surface area contributed by atoms with E-state index in [0.717, 1.165) is 31.2 Å². The molecule has 0 spiro atoms. The third kappa shape index (κ3) is 6.07. The summed E-state index contributed by atoms with van der Waals surface area (Å²) in [7, 11) is 2.02. The second-order valence-electron chi connectivity index (χ2n) is 5.19. The van der Waals surface area contributed by atoms with Gasteiger partial charge in [-0.2, -0.15) is 0 Å². The van der Waals surface area contributed by atoms with Gasteiger partial charge in [0.25, 0.3) is 0 Å². The molecule has 0 aliphatic heterocycles. The molecule has 1 aromatic rings. The van der Waals surface area contributed by atoms with Crippen molar-refractivity contribution < 1.29 is 4.52 Å². The molecule has 1 aliphatic carbocycles. The topological polar surface area (TPSA) is 53.7 Å². The molecule has 118 valence electrons. The monoisotopic (exact) mass is 404 g/mol. The molecule has 2 rings (SSSR count). The Kier molecular flexibility index (Phi) is 8.41. The first-order valence-corrected chi connectivity index (χ1v) is 7.33. The lowest BCUT2D eigenvalue weighted by Gasteiger charge is -2.22. The molecule has 5 nitrogen and oxygen atoms in total. The van der Waals surface area contributed by atoms with E-state index in [-0.39, 0.29) is 24.0 Å². The molecule has 0 saturated carbocycles. The zero-order valence-corrected chi connectivity index (χ0v) is 15.1. The summed E-state index contributed by atoms with van der Waals surface area (Å²) < 4.78 is 4.87. The molecule has 0 saturated heterocycles. The van der Waals surface area contributed by atoms with Gasteiger partial charge in [0.2, 0.25) is 0 Å². The van der Waals surface area contributed by atoms with Gasteiger partial charge in [0, 0.05) is 26.2 Å². The molecule has 0 fully saturated rings.